The first-order chi connectivity index (χ1) is 13.2. The third-order valence-corrected chi connectivity index (χ3v) is 6.71. The Morgan fingerprint density at radius 3 is 1.57 bits per heavy atom. The molecule has 0 aromatic heterocycles. The van der Waals surface area contributed by atoms with Crippen LogP contribution >= 0.6 is 11.6 Å². The molecule has 0 fully saturated rings. The summed E-state index contributed by atoms with van der Waals surface area (Å²) in [5, 5.41) is 0. The molecule has 2 heteroatoms. The minimum absolute atomic E-state index is 0. The molecule has 0 bridgehead atoms. The molecule has 0 heterocycles. The van der Waals surface area contributed by atoms with E-state index in [1.165, 1.54) is 95.5 Å². The standard InChI is InChI=1S/C26H45Cl.H3N/c1-3-5-6-7-8-9-10-11-12-13-14-15-19-23-26(27,4-2)24-22-25-20-17-16-18-21-25;/h16-18,20-21H,3-15,19,22-24H2,1-2H3;1H3. The highest BCUT2D eigenvalue weighted by Crippen LogP contribution is 2.32. The fraction of sp³-hybridized carbons (Fsp3) is 0.769. The van der Waals surface area contributed by atoms with Gasteiger partial charge in [-0.3, -0.25) is 0 Å². The third kappa shape index (κ3) is 14.5. The van der Waals surface area contributed by atoms with Gasteiger partial charge in [-0.05, 0) is 31.2 Å². The van der Waals surface area contributed by atoms with Crippen molar-refractivity contribution in [2.45, 2.75) is 128 Å². The van der Waals surface area contributed by atoms with Crippen LogP contribution in [-0.2, 0) is 6.42 Å². The number of benzene rings is 1. The first kappa shape index (κ1) is 27.5. The Hall–Kier alpha value is -0.530. The SMILES string of the molecule is CCCCCCCCCCCCCCCC(Cl)(CC)CCc1ccccc1.N. The minimum atomic E-state index is 0. The molecule has 0 aliphatic carbocycles. The van der Waals surface area contributed by atoms with E-state index in [9.17, 15) is 0 Å². The Labute approximate surface area is 181 Å². The molecule has 1 rings (SSSR count). The number of halogens is 1. The summed E-state index contributed by atoms with van der Waals surface area (Å²) in [5.74, 6) is 0. The van der Waals surface area contributed by atoms with E-state index in [2.05, 4.69) is 44.2 Å². The molecule has 164 valence electrons. The lowest BCUT2D eigenvalue weighted by atomic mass is 9.90. The van der Waals surface area contributed by atoms with Crippen LogP contribution in [0.15, 0.2) is 30.3 Å². The molecule has 1 unspecified atom stereocenters. The highest BCUT2D eigenvalue weighted by Gasteiger charge is 2.23. The molecule has 1 nitrogen and oxygen atoms in total. The molecule has 0 radical (unpaired) electrons. The van der Waals surface area contributed by atoms with Gasteiger partial charge in [-0.1, -0.05) is 128 Å². The zero-order chi connectivity index (χ0) is 19.6. The van der Waals surface area contributed by atoms with Crippen molar-refractivity contribution in [3.05, 3.63) is 35.9 Å². The normalized spacial score (nSPS) is 13.1. The van der Waals surface area contributed by atoms with E-state index in [1.807, 2.05) is 0 Å². The molecule has 1 aromatic rings. The van der Waals surface area contributed by atoms with Crippen molar-refractivity contribution in [3.63, 3.8) is 0 Å². The molecule has 0 saturated carbocycles. The van der Waals surface area contributed by atoms with Gasteiger partial charge in [-0.15, -0.1) is 11.6 Å². The maximum atomic E-state index is 6.92. The summed E-state index contributed by atoms with van der Waals surface area (Å²) in [7, 11) is 0. The van der Waals surface area contributed by atoms with E-state index in [1.54, 1.807) is 0 Å². The lowest BCUT2D eigenvalue weighted by Gasteiger charge is -2.25. The van der Waals surface area contributed by atoms with Gasteiger partial charge in [0.2, 0.25) is 0 Å². The minimum Gasteiger partial charge on any atom is -0.344 e. The molecule has 0 spiro atoms. The molecule has 0 saturated heterocycles. The summed E-state index contributed by atoms with van der Waals surface area (Å²) in [4.78, 5) is 0.00756. The Bertz CT molecular complexity index is 433. The smallest absolute Gasteiger partial charge is 0.0447 e. The Morgan fingerprint density at radius 1 is 0.643 bits per heavy atom. The average molecular weight is 410 g/mol. The number of alkyl halides is 1. The van der Waals surface area contributed by atoms with Crippen LogP contribution in [0.3, 0.4) is 0 Å². The van der Waals surface area contributed by atoms with E-state index in [-0.39, 0.29) is 11.0 Å². The van der Waals surface area contributed by atoms with Crippen molar-refractivity contribution >= 4 is 11.6 Å². The quantitative estimate of drug-likeness (QED) is 0.190. The molecule has 0 amide bonds. The van der Waals surface area contributed by atoms with Crippen molar-refractivity contribution < 1.29 is 0 Å². The van der Waals surface area contributed by atoms with Crippen molar-refractivity contribution in [1.82, 2.24) is 6.15 Å². The van der Waals surface area contributed by atoms with Crippen LogP contribution in [0.5, 0.6) is 0 Å². The Morgan fingerprint density at radius 2 is 1.11 bits per heavy atom. The van der Waals surface area contributed by atoms with Crippen molar-refractivity contribution in [3.8, 4) is 0 Å². The van der Waals surface area contributed by atoms with Gasteiger partial charge in [0.15, 0.2) is 0 Å². The van der Waals surface area contributed by atoms with Gasteiger partial charge in [0.1, 0.15) is 0 Å². The fourth-order valence-electron chi connectivity index (χ4n) is 3.95. The highest BCUT2D eigenvalue weighted by molar-refractivity contribution is 6.23. The largest absolute Gasteiger partial charge is 0.344 e. The van der Waals surface area contributed by atoms with Crippen LogP contribution in [-0.4, -0.2) is 4.87 Å². The zero-order valence-electron chi connectivity index (χ0n) is 19.0. The first-order valence-corrected chi connectivity index (χ1v) is 12.3. The summed E-state index contributed by atoms with van der Waals surface area (Å²) in [6.07, 6.45) is 22.9. The maximum absolute atomic E-state index is 6.92. The topological polar surface area (TPSA) is 35.0 Å². The van der Waals surface area contributed by atoms with Crippen molar-refractivity contribution in [2.75, 3.05) is 0 Å². The van der Waals surface area contributed by atoms with Gasteiger partial charge >= 0.3 is 0 Å². The second-order valence-electron chi connectivity index (χ2n) is 8.48. The van der Waals surface area contributed by atoms with Gasteiger partial charge in [-0.25, -0.2) is 0 Å². The Kier molecular flexibility index (Phi) is 18.1. The van der Waals surface area contributed by atoms with Gasteiger partial charge in [0.05, 0.1) is 0 Å². The van der Waals surface area contributed by atoms with E-state index in [0.717, 1.165) is 19.3 Å². The average Bonchev–Trinajstić information content (AvgIpc) is 2.71. The summed E-state index contributed by atoms with van der Waals surface area (Å²) in [5.41, 5.74) is 1.42. The number of unbranched alkanes of at least 4 members (excludes halogenated alkanes) is 12. The summed E-state index contributed by atoms with van der Waals surface area (Å²) in [6.45, 7) is 4.54. The molecule has 1 atom stereocenters. The monoisotopic (exact) mass is 409 g/mol. The Balaban J connectivity index is 0.00000729. The van der Waals surface area contributed by atoms with Gasteiger partial charge < -0.3 is 6.15 Å². The predicted octanol–water partition coefficient (Wildman–Crippen LogP) is 9.65. The second kappa shape index (κ2) is 18.5. The van der Waals surface area contributed by atoms with Crippen LogP contribution in [0, 0.1) is 0 Å². The number of aryl methyl sites for hydroxylation is 1. The fourth-order valence-corrected chi connectivity index (χ4v) is 4.18. The molecular formula is C26H48ClN. The zero-order valence-corrected chi connectivity index (χ0v) is 19.7. The summed E-state index contributed by atoms with van der Waals surface area (Å²) < 4.78 is 0. The van der Waals surface area contributed by atoms with Crippen LogP contribution in [0.4, 0.5) is 0 Å². The van der Waals surface area contributed by atoms with E-state index in [0.29, 0.717) is 0 Å². The third-order valence-electron chi connectivity index (χ3n) is 6.07. The summed E-state index contributed by atoms with van der Waals surface area (Å²) in [6, 6.07) is 10.8. The van der Waals surface area contributed by atoms with E-state index < -0.39 is 0 Å². The molecule has 28 heavy (non-hydrogen) atoms. The molecular weight excluding hydrogens is 362 g/mol. The van der Waals surface area contributed by atoms with Crippen LogP contribution < -0.4 is 6.15 Å². The second-order valence-corrected chi connectivity index (χ2v) is 9.28. The van der Waals surface area contributed by atoms with Crippen molar-refractivity contribution in [2.24, 2.45) is 0 Å². The van der Waals surface area contributed by atoms with E-state index >= 15 is 0 Å². The van der Waals surface area contributed by atoms with Crippen LogP contribution in [0.25, 0.3) is 0 Å². The molecule has 1 aromatic carbocycles. The predicted molar refractivity (Wildman–Crippen MR) is 129 cm³/mol. The maximum Gasteiger partial charge on any atom is 0.0447 e. The molecule has 3 N–H and O–H groups in total. The van der Waals surface area contributed by atoms with E-state index in [4.69, 9.17) is 11.6 Å². The summed E-state index contributed by atoms with van der Waals surface area (Å²) >= 11 is 6.92. The lowest BCUT2D eigenvalue weighted by molar-refractivity contribution is 0.444. The van der Waals surface area contributed by atoms with Gasteiger partial charge in [0, 0.05) is 4.87 Å². The highest BCUT2D eigenvalue weighted by atomic mass is 35.5. The van der Waals surface area contributed by atoms with Crippen molar-refractivity contribution in [1.29, 1.82) is 0 Å². The van der Waals surface area contributed by atoms with Gasteiger partial charge in [-0.2, -0.15) is 0 Å². The molecule has 0 aliphatic heterocycles. The van der Waals surface area contributed by atoms with Gasteiger partial charge in [0.25, 0.3) is 0 Å². The van der Waals surface area contributed by atoms with Crippen LogP contribution in [0.2, 0.25) is 0 Å². The lowest BCUT2D eigenvalue weighted by Crippen LogP contribution is -2.21. The molecule has 0 aliphatic rings. The number of hydrogen-bond acceptors (Lipinski definition) is 1. The van der Waals surface area contributed by atoms with Crippen LogP contribution in [0.1, 0.15) is 122 Å². The number of hydrogen-bond donors (Lipinski definition) is 1. The first-order valence-electron chi connectivity index (χ1n) is 11.9. The number of rotatable bonds is 18.